The van der Waals surface area contributed by atoms with Crippen molar-refractivity contribution in [1.29, 1.82) is 0 Å². The summed E-state index contributed by atoms with van der Waals surface area (Å²) in [5, 5.41) is 7.42. The number of rotatable bonds is 5. The van der Waals surface area contributed by atoms with E-state index >= 15 is 0 Å². The minimum atomic E-state index is -0.555. The third-order valence-corrected chi connectivity index (χ3v) is 4.66. The lowest BCUT2D eigenvalue weighted by Gasteiger charge is -2.18. The highest BCUT2D eigenvalue weighted by molar-refractivity contribution is 5.87. The maximum absolute atomic E-state index is 12.4. The van der Waals surface area contributed by atoms with Crippen molar-refractivity contribution in [3.63, 3.8) is 0 Å². The van der Waals surface area contributed by atoms with Gasteiger partial charge in [0, 0.05) is 19.5 Å². The molecule has 4 rings (SSSR count). The molecular formula is C19H19N4O4+. The normalized spacial score (nSPS) is 16.8. The number of aromatic nitrogens is 2. The number of likely N-dealkylation sites (tertiary alicyclic amines) is 1. The zero-order valence-electron chi connectivity index (χ0n) is 14.6. The average molecular weight is 367 g/mol. The molecule has 2 N–H and O–H groups in total. The molecule has 0 bridgehead atoms. The highest BCUT2D eigenvalue weighted by Gasteiger charge is 2.31. The van der Waals surface area contributed by atoms with Crippen LogP contribution in [0.3, 0.4) is 0 Å². The van der Waals surface area contributed by atoms with Gasteiger partial charge in [-0.05, 0) is 21.6 Å². The van der Waals surface area contributed by atoms with Crippen molar-refractivity contribution in [3.8, 4) is 0 Å². The van der Waals surface area contributed by atoms with Gasteiger partial charge in [-0.15, -0.1) is 0 Å². The Balaban J connectivity index is 1.40. The van der Waals surface area contributed by atoms with E-state index in [9.17, 15) is 14.4 Å². The van der Waals surface area contributed by atoms with Crippen LogP contribution in [0.5, 0.6) is 0 Å². The lowest BCUT2D eigenvalue weighted by atomic mass is 10.0. The highest BCUT2D eigenvalue weighted by Crippen LogP contribution is 2.22. The Morgan fingerprint density at radius 3 is 2.85 bits per heavy atom. The minimum absolute atomic E-state index is 0.0117. The zero-order chi connectivity index (χ0) is 18.8. The molecule has 8 nitrogen and oxygen atoms in total. The van der Waals surface area contributed by atoms with Crippen LogP contribution in [0, 0.1) is 0 Å². The molecule has 2 amide bonds. The Morgan fingerprint density at radius 1 is 1.22 bits per heavy atom. The Labute approximate surface area is 154 Å². The second kappa shape index (κ2) is 7.06. The molecular weight excluding hydrogens is 348 g/mol. The monoisotopic (exact) mass is 367 g/mol. The minimum Gasteiger partial charge on any atom is -0.345 e. The number of hydrogen-bond acceptors (Lipinski definition) is 4. The molecule has 27 heavy (non-hydrogen) atoms. The van der Waals surface area contributed by atoms with Crippen molar-refractivity contribution < 1.29 is 18.8 Å². The molecule has 1 aliphatic rings. The molecule has 2 heterocycles. The molecule has 0 radical (unpaired) electrons. The Kier molecular flexibility index (Phi) is 4.45. The lowest BCUT2D eigenvalue weighted by Crippen LogP contribution is -2.47. The molecule has 3 aromatic rings. The topological polar surface area (TPSA) is 99.3 Å². The van der Waals surface area contributed by atoms with Crippen molar-refractivity contribution in [2.75, 3.05) is 6.54 Å². The number of nitrogens with zero attached hydrogens (tertiary/aromatic N) is 2. The molecule has 1 fully saturated rings. The number of benzene rings is 2. The van der Waals surface area contributed by atoms with E-state index in [1.807, 2.05) is 42.5 Å². The van der Waals surface area contributed by atoms with Crippen molar-refractivity contribution in [2.24, 2.45) is 0 Å². The van der Waals surface area contributed by atoms with Crippen LogP contribution >= 0.6 is 0 Å². The number of hydrogen-bond donors (Lipinski definition) is 2. The summed E-state index contributed by atoms with van der Waals surface area (Å²) in [6.07, 6.45) is 1.43. The van der Waals surface area contributed by atoms with Crippen molar-refractivity contribution >= 4 is 22.6 Å². The maximum atomic E-state index is 12.4. The fraction of sp³-hybridized carbons (Fsp3) is 0.263. The summed E-state index contributed by atoms with van der Waals surface area (Å²) < 4.78 is 5.76. The number of carbonyl (C=O) groups is 2. The van der Waals surface area contributed by atoms with E-state index in [0.717, 1.165) is 22.5 Å². The molecule has 1 saturated heterocycles. The quantitative estimate of drug-likeness (QED) is 0.635. The zero-order valence-corrected chi connectivity index (χ0v) is 14.6. The van der Waals surface area contributed by atoms with Gasteiger partial charge in [0.05, 0.1) is 6.04 Å². The molecule has 0 saturated carbocycles. The first-order valence-electron chi connectivity index (χ1n) is 8.70. The van der Waals surface area contributed by atoms with Gasteiger partial charge >= 0.3 is 5.63 Å². The summed E-state index contributed by atoms with van der Waals surface area (Å²) in [6, 6.07) is 13.9. The van der Waals surface area contributed by atoms with Gasteiger partial charge < -0.3 is 10.2 Å². The molecule has 1 atom stereocenters. The van der Waals surface area contributed by atoms with E-state index in [0.29, 0.717) is 13.1 Å². The van der Waals surface area contributed by atoms with Crippen molar-refractivity contribution in [3.05, 3.63) is 64.6 Å². The van der Waals surface area contributed by atoms with Crippen LogP contribution < -0.4 is 15.6 Å². The smallest absolute Gasteiger partial charge is 0.345 e. The first-order valence-corrected chi connectivity index (χ1v) is 8.70. The number of H-pyrrole nitrogens is 1. The number of aromatic amines is 1. The predicted octanol–water partition coefficient (Wildman–Crippen LogP) is 0.326. The van der Waals surface area contributed by atoms with E-state index in [1.54, 1.807) is 4.90 Å². The van der Waals surface area contributed by atoms with Gasteiger partial charge in [0.2, 0.25) is 5.91 Å². The SMILES string of the molecule is O=C(C[n+]1cc(=O)o[nH]1)NC1CC(=O)N(Cc2cccc3ccccc23)C1. The van der Waals surface area contributed by atoms with Gasteiger partial charge in [-0.3, -0.25) is 14.1 Å². The van der Waals surface area contributed by atoms with E-state index < -0.39 is 5.63 Å². The van der Waals surface area contributed by atoms with Gasteiger partial charge in [0.1, 0.15) is 0 Å². The summed E-state index contributed by atoms with van der Waals surface area (Å²) in [7, 11) is 0. The van der Waals surface area contributed by atoms with E-state index in [4.69, 9.17) is 0 Å². The van der Waals surface area contributed by atoms with Crippen LogP contribution in [-0.4, -0.2) is 34.6 Å². The molecule has 1 aliphatic heterocycles. The first-order chi connectivity index (χ1) is 13.1. The van der Waals surface area contributed by atoms with E-state index in [2.05, 4.69) is 15.1 Å². The predicted molar refractivity (Wildman–Crippen MR) is 95.4 cm³/mol. The second-order valence-electron chi connectivity index (χ2n) is 6.65. The number of carbonyl (C=O) groups excluding carboxylic acids is 2. The Bertz CT molecular complexity index is 1050. The molecule has 8 heteroatoms. The molecule has 2 aromatic carbocycles. The van der Waals surface area contributed by atoms with Crippen LogP contribution in [0.25, 0.3) is 10.8 Å². The fourth-order valence-corrected chi connectivity index (χ4v) is 3.45. The Morgan fingerprint density at radius 2 is 2.04 bits per heavy atom. The fourth-order valence-electron chi connectivity index (χ4n) is 3.45. The van der Waals surface area contributed by atoms with Gasteiger partial charge in [-0.25, -0.2) is 4.79 Å². The summed E-state index contributed by atoms with van der Waals surface area (Å²) in [4.78, 5) is 37.2. The first kappa shape index (κ1) is 17.0. The molecule has 0 spiro atoms. The molecule has 138 valence electrons. The lowest BCUT2D eigenvalue weighted by molar-refractivity contribution is -0.751. The van der Waals surface area contributed by atoms with Crippen molar-refractivity contribution in [2.45, 2.75) is 25.6 Å². The van der Waals surface area contributed by atoms with Gasteiger partial charge in [-0.2, -0.15) is 0 Å². The summed E-state index contributed by atoms with van der Waals surface area (Å²) in [6.45, 7) is 0.899. The van der Waals surface area contributed by atoms with Gasteiger partial charge in [0.15, 0.2) is 0 Å². The summed E-state index contributed by atoms with van der Waals surface area (Å²) in [5.41, 5.74) is 0.528. The summed E-state index contributed by atoms with van der Waals surface area (Å²) in [5.74, 6) is -0.278. The third kappa shape index (κ3) is 3.74. The van der Waals surface area contributed by atoms with Crippen LogP contribution in [0.2, 0.25) is 0 Å². The van der Waals surface area contributed by atoms with Gasteiger partial charge in [0.25, 0.3) is 18.6 Å². The van der Waals surface area contributed by atoms with E-state index in [1.165, 1.54) is 4.68 Å². The van der Waals surface area contributed by atoms with Gasteiger partial charge in [-0.1, -0.05) is 47.1 Å². The second-order valence-corrected chi connectivity index (χ2v) is 6.65. The standard InChI is InChI=1S/C19H18N4O4/c24-17(11-23-12-19(26)27-21-23)20-15-8-18(25)22(10-15)9-14-6-3-5-13-4-1-2-7-16(13)14/h1-7,12,15H,8-11H2,(H-,20,21,24,26)/p+1. The average Bonchev–Trinajstić information content (AvgIpc) is 3.20. The molecule has 1 unspecified atom stereocenters. The Hall–Kier alpha value is -3.42. The van der Waals surface area contributed by atoms with Crippen LogP contribution in [0.4, 0.5) is 0 Å². The van der Waals surface area contributed by atoms with E-state index in [-0.39, 0.29) is 30.8 Å². The summed E-state index contributed by atoms with van der Waals surface area (Å²) >= 11 is 0. The highest BCUT2D eigenvalue weighted by atomic mass is 16.5. The third-order valence-electron chi connectivity index (χ3n) is 4.66. The van der Waals surface area contributed by atoms with Crippen molar-refractivity contribution in [1.82, 2.24) is 15.5 Å². The molecule has 1 aromatic heterocycles. The number of nitrogens with one attached hydrogen (secondary N) is 2. The van der Waals surface area contributed by atoms with Crippen LogP contribution in [0.1, 0.15) is 12.0 Å². The van der Waals surface area contributed by atoms with Crippen LogP contribution in [-0.2, 0) is 22.7 Å². The number of amides is 2. The maximum Gasteiger partial charge on any atom is 0.426 e. The molecule has 0 aliphatic carbocycles. The largest absolute Gasteiger partial charge is 0.426 e. The van der Waals surface area contributed by atoms with Crippen LogP contribution in [0.15, 0.2) is 58.0 Å². The number of fused-ring (bicyclic) bond motifs is 1.